The van der Waals surface area contributed by atoms with Gasteiger partial charge in [0, 0.05) is 6.42 Å². The first-order valence-electron chi connectivity index (χ1n) is 6.75. The van der Waals surface area contributed by atoms with E-state index in [1.807, 2.05) is 0 Å². The van der Waals surface area contributed by atoms with Crippen LogP contribution in [0.3, 0.4) is 0 Å². The second-order valence-corrected chi connectivity index (χ2v) is 4.75. The number of hydrogen-bond acceptors (Lipinski definition) is 6. The summed E-state index contributed by atoms with van der Waals surface area (Å²) in [5, 5.41) is 27.5. The van der Waals surface area contributed by atoms with Gasteiger partial charge in [-0.1, -0.05) is 0 Å². The molecule has 0 saturated carbocycles. The van der Waals surface area contributed by atoms with Crippen molar-refractivity contribution in [2.75, 3.05) is 0 Å². The highest BCUT2D eigenvalue weighted by Crippen LogP contribution is 2.10. The maximum Gasteiger partial charge on any atom is 0.306 e. The van der Waals surface area contributed by atoms with E-state index in [0.717, 1.165) is 11.8 Å². The monoisotopic (exact) mass is 317 g/mol. The van der Waals surface area contributed by atoms with E-state index in [0.29, 0.717) is 5.71 Å². The van der Waals surface area contributed by atoms with Gasteiger partial charge < -0.3 is 5.11 Å². The molecule has 0 bridgehead atoms. The van der Waals surface area contributed by atoms with E-state index < -0.39 is 4.92 Å². The van der Waals surface area contributed by atoms with E-state index in [4.69, 9.17) is 0 Å². The summed E-state index contributed by atoms with van der Waals surface area (Å²) in [6.07, 6.45) is 2.48. The molecule has 0 unspecified atom stereocenters. The minimum atomic E-state index is -0.547. The van der Waals surface area contributed by atoms with Crippen LogP contribution in [0.4, 0.5) is 5.69 Å². The third-order valence-electron chi connectivity index (χ3n) is 3.03. The number of nitrogens with zero attached hydrogens (tertiary/aromatic N) is 4. The summed E-state index contributed by atoms with van der Waals surface area (Å²) in [6.45, 7) is 1.94. The smallest absolute Gasteiger partial charge is 0.306 e. The van der Waals surface area contributed by atoms with Crippen LogP contribution in [-0.2, 0) is 11.3 Å². The molecule has 0 spiro atoms. The Balaban J connectivity index is 1.85. The first kappa shape index (κ1) is 16.1. The highest BCUT2D eigenvalue weighted by atomic mass is 16.6. The maximum atomic E-state index is 11.7. The topological polar surface area (TPSA) is 123 Å². The molecule has 23 heavy (non-hydrogen) atoms. The maximum absolute atomic E-state index is 11.7. The lowest BCUT2D eigenvalue weighted by Crippen LogP contribution is -2.20. The van der Waals surface area contributed by atoms with Crippen molar-refractivity contribution in [1.82, 2.24) is 15.2 Å². The van der Waals surface area contributed by atoms with Crippen LogP contribution in [0.1, 0.15) is 18.9 Å². The molecule has 0 aliphatic rings. The highest BCUT2D eigenvalue weighted by Gasteiger charge is 2.09. The predicted molar refractivity (Wildman–Crippen MR) is 82.0 cm³/mol. The van der Waals surface area contributed by atoms with Crippen molar-refractivity contribution >= 4 is 17.3 Å². The average molecular weight is 317 g/mol. The molecule has 1 aromatic carbocycles. The van der Waals surface area contributed by atoms with E-state index in [2.05, 4.69) is 15.6 Å². The average Bonchev–Trinajstić information content (AvgIpc) is 3.00. The second kappa shape index (κ2) is 7.16. The van der Waals surface area contributed by atoms with Crippen LogP contribution in [0, 0.1) is 10.1 Å². The molecule has 1 amide bonds. The van der Waals surface area contributed by atoms with E-state index in [1.165, 1.54) is 23.0 Å². The van der Waals surface area contributed by atoms with Crippen molar-refractivity contribution in [2.45, 2.75) is 19.9 Å². The number of aryl methyl sites for hydroxylation is 1. The fourth-order valence-corrected chi connectivity index (χ4v) is 1.75. The zero-order valence-corrected chi connectivity index (χ0v) is 12.3. The molecule has 2 rings (SSSR count). The number of carbonyl (C=O) groups is 1. The van der Waals surface area contributed by atoms with Gasteiger partial charge in [0.25, 0.3) is 0 Å². The second-order valence-electron chi connectivity index (χ2n) is 4.75. The zero-order chi connectivity index (χ0) is 16.8. The van der Waals surface area contributed by atoms with Crippen molar-refractivity contribution in [1.29, 1.82) is 0 Å². The van der Waals surface area contributed by atoms with Crippen molar-refractivity contribution in [2.24, 2.45) is 5.10 Å². The van der Waals surface area contributed by atoms with Crippen LogP contribution in [0.2, 0.25) is 0 Å². The van der Waals surface area contributed by atoms with Crippen molar-refractivity contribution in [3.63, 3.8) is 0 Å². The summed E-state index contributed by atoms with van der Waals surface area (Å²) < 4.78 is 1.33. The summed E-state index contributed by atoms with van der Waals surface area (Å²) in [7, 11) is 0. The van der Waals surface area contributed by atoms with Crippen LogP contribution in [0.25, 0.3) is 0 Å². The molecule has 0 radical (unpaired) electrons. The van der Waals surface area contributed by atoms with Crippen molar-refractivity contribution < 1.29 is 14.8 Å². The molecule has 2 N–H and O–H groups in total. The third-order valence-corrected chi connectivity index (χ3v) is 3.03. The summed E-state index contributed by atoms with van der Waals surface area (Å²) in [6, 6.07) is 6.42. The highest BCUT2D eigenvalue weighted by molar-refractivity contribution is 5.99. The number of aromatic nitrogens is 2. The Bertz CT molecular complexity index is 736. The number of rotatable bonds is 6. The first-order chi connectivity index (χ1) is 11.0. The summed E-state index contributed by atoms with van der Waals surface area (Å²) >= 11 is 0. The number of amides is 1. The number of phenolic OH excluding ortho intramolecular Hbond substituents is 1. The SMILES string of the molecule is CC(=NNC(=O)CCn1cc([N+](=O)[O-])cn1)c1ccc(O)cc1. The van der Waals surface area contributed by atoms with E-state index in [1.54, 1.807) is 19.1 Å². The number of hydrogen-bond donors (Lipinski definition) is 2. The van der Waals surface area contributed by atoms with Gasteiger partial charge in [0.1, 0.15) is 18.1 Å². The molecule has 9 heteroatoms. The third kappa shape index (κ3) is 4.63. The number of carbonyl (C=O) groups excluding carboxylic acids is 1. The molecule has 0 fully saturated rings. The standard InChI is InChI=1S/C14H15N5O4/c1-10(11-2-4-13(20)5-3-11)16-17-14(21)6-7-18-9-12(8-15-18)19(22)23/h2-5,8-9,20H,6-7H2,1H3,(H,17,21). The van der Waals surface area contributed by atoms with Gasteiger partial charge in [-0.25, -0.2) is 5.43 Å². The molecular weight excluding hydrogens is 302 g/mol. The van der Waals surface area contributed by atoms with Gasteiger partial charge in [0.15, 0.2) is 0 Å². The van der Waals surface area contributed by atoms with Crippen LogP contribution in [0.5, 0.6) is 5.75 Å². The number of hydrazone groups is 1. The molecule has 0 aliphatic carbocycles. The lowest BCUT2D eigenvalue weighted by molar-refractivity contribution is -0.385. The Morgan fingerprint density at radius 3 is 2.74 bits per heavy atom. The lowest BCUT2D eigenvalue weighted by atomic mass is 10.1. The number of aromatic hydroxyl groups is 1. The molecule has 1 aromatic heterocycles. The molecule has 0 saturated heterocycles. The summed E-state index contributed by atoms with van der Waals surface area (Å²) in [4.78, 5) is 21.7. The van der Waals surface area contributed by atoms with Crippen LogP contribution >= 0.6 is 0 Å². The van der Waals surface area contributed by atoms with Crippen molar-refractivity contribution in [3.05, 3.63) is 52.3 Å². The molecule has 9 nitrogen and oxygen atoms in total. The van der Waals surface area contributed by atoms with E-state index >= 15 is 0 Å². The number of benzene rings is 1. The Morgan fingerprint density at radius 1 is 1.43 bits per heavy atom. The van der Waals surface area contributed by atoms with Gasteiger partial charge in [0.05, 0.1) is 17.2 Å². The Labute approximate surface area is 131 Å². The molecular formula is C14H15N5O4. The fraction of sp³-hybridized carbons (Fsp3) is 0.214. The minimum absolute atomic E-state index is 0.0885. The van der Waals surface area contributed by atoms with Gasteiger partial charge >= 0.3 is 5.69 Å². The van der Waals surface area contributed by atoms with Gasteiger partial charge in [-0.15, -0.1) is 0 Å². The number of phenols is 1. The van der Waals surface area contributed by atoms with Crippen molar-refractivity contribution in [3.8, 4) is 5.75 Å². The minimum Gasteiger partial charge on any atom is -0.508 e. The van der Waals surface area contributed by atoms with Crippen LogP contribution < -0.4 is 5.43 Å². The van der Waals surface area contributed by atoms with Gasteiger partial charge in [-0.3, -0.25) is 19.6 Å². The molecule has 1 heterocycles. The largest absolute Gasteiger partial charge is 0.508 e. The molecule has 0 aliphatic heterocycles. The lowest BCUT2D eigenvalue weighted by Gasteiger charge is -2.03. The summed E-state index contributed by atoms with van der Waals surface area (Å²) in [5.74, 6) is -0.180. The molecule has 120 valence electrons. The summed E-state index contributed by atoms with van der Waals surface area (Å²) in [5.41, 5.74) is 3.65. The quantitative estimate of drug-likeness (QED) is 0.474. The van der Waals surface area contributed by atoms with Gasteiger partial charge in [-0.05, 0) is 36.8 Å². The Hall–Kier alpha value is -3.23. The van der Waals surface area contributed by atoms with E-state index in [9.17, 15) is 20.0 Å². The first-order valence-corrected chi connectivity index (χ1v) is 6.75. The van der Waals surface area contributed by atoms with Gasteiger partial charge in [0.2, 0.25) is 5.91 Å². The fourth-order valence-electron chi connectivity index (χ4n) is 1.75. The zero-order valence-electron chi connectivity index (χ0n) is 12.3. The van der Waals surface area contributed by atoms with Crippen LogP contribution in [0.15, 0.2) is 41.8 Å². The van der Waals surface area contributed by atoms with Gasteiger partial charge in [-0.2, -0.15) is 10.2 Å². The number of nitro groups is 1. The number of nitrogens with one attached hydrogen (secondary N) is 1. The van der Waals surface area contributed by atoms with Crippen LogP contribution in [-0.4, -0.2) is 31.4 Å². The normalized spacial score (nSPS) is 11.3. The predicted octanol–water partition coefficient (Wildman–Crippen LogP) is 1.43. The molecule has 2 aromatic rings. The molecule has 0 atom stereocenters. The Morgan fingerprint density at radius 2 is 2.13 bits per heavy atom. The Kier molecular flexibility index (Phi) is 5.03. The van der Waals surface area contributed by atoms with E-state index in [-0.39, 0.29) is 30.3 Å².